The molecule has 0 atom stereocenters. The molecule has 100 valence electrons. The molecule has 0 fully saturated rings. The number of nitrogens with zero attached hydrogens (tertiary/aromatic N) is 1. The third-order valence-corrected chi connectivity index (χ3v) is 2.81. The number of amides is 1. The summed E-state index contributed by atoms with van der Waals surface area (Å²) in [5.74, 6) is 0.352. The summed E-state index contributed by atoms with van der Waals surface area (Å²) >= 11 is 0. The molecule has 0 unspecified atom stereocenters. The van der Waals surface area contributed by atoms with Crippen molar-refractivity contribution in [3.63, 3.8) is 0 Å². The number of ether oxygens (including phenoxy) is 1. The highest BCUT2D eigenvalue weighted by molar-refractivity contribution is 5.93. The molecule has 4 heteroatoms. The lowest BCUT2D eigenvalue weighted by atomic mass is 10.1. The van der Waals surface area contributed by atoms with Crippen LogP contribution in [0.2, 0.25) is 0 Å². The molecule has 0 saturated carbocycles. The van der Waals surface area contributed by atoms with Gasteiger partial charge in [-0.3, -0.25) is 4.79 Å². The van der Waals surface area contributed by atoms with Crippen molar-refractivity contribution in [2.75, 3.05) is 12.4 Å². The molecular formula is C16H14N2O2. The summed E-state index contributed by atoms with van der Waals surface area (Å²) in [5.41, 5.74) is 1.99. The van der Waals surface area contributed by atoms with Crippen LogP contribution >= 0.6 is 0 Å². The van der Waals surface area contributed by atoms with Crippen LogP contribution in [0.5, 0.6) is 5.75 Å². The molecule has 0 aromatic heterocycles. The van der Waals surface area contributed by atoms with E-state index in [-0.39, 0.29) is 5.91 Å². The lowest BCUT2D eigenvalue weighted by Gasteiger charge is -2.10. The Labute approximate surface area is 117 Å². The monoisotopic (exact) mass is 266 g/mol. The van der Waals surface area contributed by atoms with E-state index in [9.17, 15) is 4.79 Å². The second kappa shape index (κ2) is 6.39. The third kappa shape index (κ3) is 3.36. The zero-order valence-electron chi connectivity index (χ0n) is 11.1. The number of nitrogens with one attached hydrogen (secondary N) is 1. The summed E-state index contributed by atoms with van der Waals surface area (Å²) in [7, 11) is 1.50. The van der Waals surface area contributed by atoms with Gasteiger partial charge in [-0.15, -0.1) is 0 Å². The van der Waals surface area contributed by atoms with Gasteiger partial charge in [0.15, 0.2) is 0 Å². The van der Waals surface area contributed by atoms with Gasteiger partial charge < -0.3 is 10.1 Å². The highest BCUT2D eigenvalue weighted by Crippen LogP contribution is 2.25. The topological polar surface area (TPSA) is 62.1 Å². The van der Waals surface area contributed by atoms with Crippen molar-refractivity contribution in [1.82, 2.24) is 0 Å². The van der Waals surface area contributed by atoms with Gasteiger partial charge in [0.25, 0.3) is 0 Å². The predicted octanol–water partition coefficient (Wildman–Crippen LogP) is 2.75. The van der Waals surface area contributed by atoms with E-state index in [1.165, 1.54) is 7.11 Å². The first kappa shape index (κ1) is 13.6. The number of rotatable bonds is 4. The van der Waals surface area contributed by atoms with Gasteiger partial charge in [-0.1, -0.05) is 30.3 Å². The van der Waals surface area contributed by atoms with E-state index in [2.05, 4.69) is 5.32 Å². The van der Waals surface area contributed by atoms with Crippen LogP contribution in [0.15, 0.2) is 48.5 Å². The largest absolute Gasteiger partial charge is 0.495 e. The number of hydrogen-bond donors (Lipinski definition) is 1. The summed E-state index contributed by atoms with van der Waals surface area (Å²) < 4.78 is 5.17. The van der Waals surface area contributed by atoms with Crippen LogP contribution < -0.4 is 10.1 Å². The van der Waals surface area contributed by atoms with Crippen molar-refractivity contribution < 1.29 is 9.53 Å². The Morgan fingerprint density at radius 2 is 2.00 bits per heavy atom. The van der Waals surface area contributed by atoms with E-state index in [0.29, 0.717) is 23.4 Å². The maximum atomic E-state index is 12.0. The van der Waals surface area contributed by atoms with E-state index < -0.39 is 0 Å². The number of methoxy groups -OCH3 is 1. The first-order valence-corrected chi connectivity index (χ1v) is 6.15. The van der Waals surface area contributed by atoms with Crippen molar-refractivity contribution in [2.24, 2.45) is 0 Å². The molecule has 0 aliphatic heterocycles. The van der Waals surface area contributed by atoms with E-state index in [1.807, 2.05) is 36.4 Å². The van der Waals surface area contributed by atoms with Crippen LogP contribution in [-0.2, 0) is 11.2 Å². The van der Waals surface area contributed by atoms with Gasteiger partial charge in [0.05, 0.1) is 30.9 Å². The fourth-order valence-corrected chi connectivity index (χ4v) is 1.84. The van der Waals surface area contributed by atoms with Crippen molar-refractivity contribution in [1.29, 1.82) is 5.26 Å². The zero-order chi connectivity index (χ0) is 14.4. The Hall–Kier alpha value is -2.80. The molecule has 20 heavy (non-hydrogen) atoms. The van der Waals surface area contributed by atoms with Crippen LogP contribution in [-0.4, -0.2) is 13.0 Å². The Kier molecular flexibility index (Phi) is 4.35. The third-order valence-electron chi connectivity index (χ3n) is 2.81. The molecule has 0 aliphatic carbocycles. The van der Waals surface area contributed by atoms with Crippen molar-refractivity contribution >= 4 is 11.6 Å². The van der Waals surface area contributed by atoms with Crippen LogP contribution in [0.1, 0.15) is 11.1 Å². The molecule has 2 aromatic carbocycles. The van der Waals surface area contributed by atoms with Gasteiger partial charge in [-0.2, -0.15) is 5.26 Å². The molecule has 0 bridgehead atoms. The fourth-order valence-electron chi connectivity index (χ4n) is 1.84. The second-order valence-corrected chi connectivity index (χ2v) is 4.24. The average molecular weight is 266 g/mol. The SMILES string of the molecule is COc1cc(C#N)ccc1NC(=O)Cc1ccccc1. The second-order valence-electron chi connectivity index (χ2n) is 4.24. The van der Waals surface area contributed by atoms with E-state index in [4.69, 9.17) is 10.00 Å². The Morgan fingerprint density at radius 3 is 2.65 bits per heavy atom. The molecule has 2 rings (SSSR count). The Balaban J connectivity index is 2.10. The van der Waals surface area contributed by atoms with Gasteiger partial charge >= 0.3 is 0 Å². The number of nitriles is 1. The minimum atomic E-state index is -0.126. The van der Waals surface area contributed by atoms with Crippen molar-refractivity contribution in [2.45, 2.75) is 6.42 Å². The standard InChI is InChI=1S/C16H14N2O2/c1-20-15-9-13(11-17)7-8-14(15)18-16(19)10-12-5-3-2-4-6-12/h2-9H,10H2,1H3,(H,18,19). The smallest absolute Gasteiger partial charge is 0.228 e. The summed E-state index contributed by atoms with van der Waals surface area (Å²) in [5, 5.41) is 11.6. The van der Waals surface area contributed by atoms with Crippen LogP contribution in [0, 0.1) is 11.3 Å². The van der Waals surface area contributed by atoms with Gasteiger partial charge in [-0.25, -0.2) is 0 Å². The lowest BCUT2D eigenvalue weighted by Crippen LogP contribution is -2.15. The molecule has 0 radical (unpaired) electrons. The van der Waals surface area contributed by atoms with Crippen LogP contribution in [0.25, 0.3) is 0 Å². The minimum absolute atomic E-state index is 0.126. The fraction of sp³-hybridized carbons (Fsp3) is 0.125. The van der Waals surface area contributed by atoms with Crippen LogP contribution in [0.3, 0.4) is 0 Å². The highest BCUT2D eigenvalue weighted by Gasteiger charge is 2.09. The number of benzene rings is 2. The maximum absolute atomic E-state index is 12.0. The normalized spacial score (nSPS) is 9.60. The minimum Gasteiger partial charge on any atom is -0.495 e. The number of hydrogen-bond acceptors (Lipinski definition) is 3. The number of carbonyl (C=O) groups excluding carboxylic acids is 1. The molecule has 1 N–H and O–H groups in total. The molecule has 0 saturated heterocycles. The maximum Gasteiger partial charge on any atom is 0.228 e. The van der Waals surface area contributed by atoms with Crippen molar-refractivity contribution in [3.8, 4) is 11.8 Å². The molecule has 0 aliphatic rings. The summed E-state index contributed by atoms with van der Waals surface area (Å²) in [6.45, 7) is 0. The summed E-state index contributed by atoms with van der Waals surface area (Å²) in [4.78, 5) is 12.0. The molecule has 0 spiro atoms. The summed E-state index contributed by atoms with van der Waals surface area (Å²) in [6.07, 6.45) is 0.296. The highest BCUT2D eigenvalue weighted by atomic mass is 16.5. The Bertz CT molecular complexity index is 645. The molecular weight excluding hydrogens is 252 g/mol. The molecule has 4 nitrogen and oxygen atoms in total. The van der Waals surface area contributed by atoms with Gasteiger partial charge in [0, 0.05) is 6.07 Å². The zero-order valence-corrected chi connectivity index (χ0v) is 11.1. The van der Waals surface area contributed by atoms with E-state index in [1.54, 1.807) is 18.2 Å². The van der Waals surface area contributed by atoms with Gasteiger partial charge in [0.2, 0.25) is 5.91 Å². The Morgan fingerprint density at radius 1 is 1.25 bits per heavy atom. The average Bonchev–Trinajstić information content (AvgIpc) is 2.48. The quantitative estimate of drug-likeness (QED) is 0.925. The molecule has 1 amide bonds. The number of anilines is 1. The lowest BCUT2D eigenvalue weighted by molar-refractivity contribution is -0.115. The predicted molar refractivity (Wildman–Crippen MR) is 76.5 cm³/mol. The molecule has 0 heterocycles. The molecule has 2 aromatic rings. The van der Waals surface area contributed by atoms with E-state index in [0.717, 1.165) is 5.56 Å². The number of carbonyl (C=O) groups is 1. The first-order valence-electron chi connectivity index (χ1n) is 6.15. The summed E-state index contributed by atoms with van der Waals surface area (Å²) in [6, 6.07) is 16.4. The van der Waals surface area contributed by atoms with Crippen LogP contribution in [0.4, 0.5) is 5.69 Å². The van der Waals surface area contributed by atoms with E-state index >= 15 is 0 Å². The van der Waals surface area contributed by atoms with Gasteiger partial charge in [0.1, 0.15) is 5.75 Å². The van der Waals surface area contributed by atoms with Crippen molar-refractivity contribution in [3.05, 3.63) is 59.7 Å². The van der Waals surface area contributed by atoms with Gasteiger partial charge in [-0.05, 0) is 17.7 Å². The first-order chi connectivity index (χ1) is 9.72.